The number of nitrogens with zero attached hydrogens (tertiary/aromatic N) is 1. The lowest BCUT2D eigenvalue weighted by Gasteiger charge is -2.12. The molecule has 1 N–H and O–H groups in total. The minimum absolute atomic E-state index is 0.162. The third-order valence-electron chi connectivity index (χ3n) is 4.38. The van der Waals surface area contributed by atoms with Gasteiger partial charge in [0.15, 0.2) is 0 Å². The molecule has 1 unspecified atom stereocenters. The number of ether oxygens (including phenoxy) is 2. The van der Waals surface area contributed by atoms with Crippen LogP contribution in [0.4, 0.5) is 5.69 Å². The van der Waals surface area contributed by atoms with Gasteiger partial charge in [0, 0.05) is 23.7 Å². The van der Waals surface area contributed by atoms with Gasteiger partial charge in [-0.05, 0) is 37.1 Å². The number of amides is 1. The van der Waals surface area contributed by atoms with Crippen LogP contribution in [0.2, 0.25) is 0 Å². The van der Waals surface area contributed by atoms with Gasteiger partial charge in [-0.25, -0.2) is 4.98 Å². The van der Waals surface area contributed by atoms with Crippen molar-refractivity contribution in [2.24, 2.45) is 0 Å². The first-order chi connectivity index (χ1) is 12.8. The third kappa shape index (κ3) is 3.83. The molecule has 0 spiro atoms. The average Bonchev–Trinajstić information content (AvgIpc) is 3.20. The number of benzene rings is 2. The van der Waals surface area contributed by atoms with Crippen LogP contribution in [0.25, 0.3) is 10.9 Å². The highest BCUT2D eigenvalue weighted by molar-refractivity contribution is 6.04. The first-order valence-electron chi connectivity index (χ1n) is 8.79. The molecule has 2 aromatic carbocycles. The van der Waals surface area contributed by atoms with E-state index >= 15 is 0 Å². The number of carbonyl (C=O) groups excluding carboxylic acids is 1. The van der Waals surface area contributed by atoms with Crippen molar-refractivity contribution in [2.45, 2.75) is 18.9 Å². The molecule has 2 heterocycles. The topological polar surface area (TPSA) is 60.5 Å². The Hall–Kier alpha value is -2.92. The van der Waals surface area contributed by atoms with Crippen LogP contribution in [-0.4, -0.2) is 30.2 Å². The quantitative estimate of drug-likeness (QED) is 0.756. The van der Waals surface area contributed by atoms with Crippen LogP contribution in [0, 0.1) is 0 Å². The molecule has 0 saturated carbocycles. The van der Waals surface area contributed by atoms with Crippen molar-refractivity contribution in [3.63, 3.8) is 0 Å². The van der Waals surface area contributed by atoms with Gasteiger partial charge in [-0.3, -0.25) is 4.79 Å². The predicted molar refractivity (Wildman–Crippen MR) is 101 cm³/mol. The van der Waals surface area contributed by atoms with Crippen LogP contribution in [-0.2, 0) is 4.74 Å². The summed E-state index contributed by atoms with van der Waals surface area (Å²) in [6, 6.07) is 18.7. The van der Waals surface area contributed by atoms with Crippen LogP contribution in [0.3, 0.4) is 0 Å². The Morgan fingerprint density at radius 3 is 2.96 bits per heavy atom. The van der Waals surface area contributed by atoms with E-state index in [1.54, 1.807) is 6.07 Å². The summed E-state index contributed by atoms with van der Waals surface area (Å²) in [5, 5.41) is 3.89. The maximum Gasteiger partial charge on any atom is 0.274 e. The second kappa shape index (κ2) is 7.54. The standard InChI is InChI=1S/C21H20N2O3/c24-21(20-11-10-15-5-1-2-9-19(15)23-20)22-16-6-3-7-17(13-16)26-14-18-8-4-12-25-18/h1-3,5-7,9-11,13,18H,4,8,12,14H2,(H,22,24). The zero-order valence-electron chi connectivity index (χ0n) is 14.4. The Morgan fingerprint density at radius 1 is 1.15 bits per heavy atom. The molecule has 5 nitrogen and oxygen atoms in total. The monoisotopic (exact) mass is 348 g/mol. The molecule has 5 heteroatoms. The normalized spacial score (nSPS) is 16.5. The zero-order valence-corrected chi connectivity index (χ0v) is 14.4. The number of rotatable bonds is 5. The van der Waals surface area contributed by atoms with E-state index in [4.69, 9.17) is 9.47 Å². The highest BCUT2D eigenvalue weighted by Crippen LogP contribution is 2.20. The first kappa shape index (κ1) is 16.5. The Labute approximate surface area is 152 Å². The summed E-state index contributed by atoms with van der Waals surface area (Å²) in [6.07, 6.45) is 2.28. The number of fused-ring (bicyclic) bond motifs is 1. The van der Waals surface area contributed by atoms with E-state index in [-0.39, 0.29) is 12.0 Å². The molecule has 26 heavy (non-hydrogen) atoms. The van der Waals surface area contributed by atoms with Crippen molar-refractivity contribution in [3.05, 3.63) is 66.4 Å². The number of aromatic nitrogens is 1. The van der Waals surface area contributed by atoms with Crippen LogP contribution < -0.4 is 10.1 Å². The lowest BCUT2D eigenvalue weighted by molar-refractivity contribution is 0.0680. The van der Waals surface area contributed by atoms with E-state index in [0.29, 0.717) is 23.7 Å². The van der Waals surface area contributed by atoms with Gasteiger partial charge in [0.05, 0.1) is 11.6 Å². The van der Waals surface area contributed by atoms with Gasteiger partial charge in [0.1, 0.15) is 18.1 Å². The Morgan fingerprint density at radius 2 is 2.08 bits per heavy atom. The van der Waals surface area contributed by atoms with Gasteiger partial charge in [-0.2, -0.15) is 0 Å². The van der Waals surface area contributed by atoms with Gasteiger partial charge in [0.2, 0.25) is 0 Å². The summed E-state index contributed by atoms with van der Waals surface area (Å²) >= 11 is 0. The van der Waals surface area contributed by atoms with Gasteiger partial charge in [0.25, 0.3) is 5.91 Å². The third-order valence-corrected chi connectivity index (χ3v) is 4.38. The van der Waals surface area contributed by atoms with E-state index in [2.05, 4.69) is 10.3 Å². The molecular formula is C21H20N2O3. The van der Waals surface area contributed by atoms with E-state index in [1.807, 2.05) is 54.6 Å². The molecule has 1 saturated heterocycles. The number of anilines is 1. The van der Waals surface area contributed by atoms with E-state index in [0.717, 1.165) is 30.4 Å². The van der Waals surface area contributed by atoms with Gasteiger partial charge in [-0.15, -0.1) is 0 Å². The van der Waals surface area contributed by atoms with Crippen molar-refractivity contribution in [3.8, 4) is 5.75 Å². The molecule has 4 rings (SSSR count). The van der Waals surface area contributed by atoms with Crippen LogP contribution >= 0.6 is 0 Å². The second-order valence-electron chi connectivity index (χ2n) is 6.32. The van der Waals surface area contributed by atoms with Gasteiger partial charge >= 0.3 is 0 Å². The molecule has 132 valence electrons. The molecule has 1 fully saturated rings. The molecular weight excluding hydrogens is 328 g/mol. The summed E-state index contributed by atoms with van der Waals surface area (Å²) < 4.78 is 11.3. The van der Waals surface area contributed by atoms with E-state index in [1.165, 1.54) is 0 Å². The van der Waals surface area contributed by atoms with Crippen molar-refractivity contribution >= 4 is 22.5 Å². The lowest BCUT2D eigenvalue weighted by atomic mass is 10.2. The van der Waals surface area contributed by atoms with Crippen molar-refractivity contribution < 1.29 is 14.3 Å². The van der Waals surface area contributed by atoms with E-state index in [9.17, 15) is 4.79 Å². The molecule has 0 aliphatic carbocycles. The fourth-order valence-electron chi connectivity index (χ4n) is 3.02. The maximum absolute atomic E-state index is 12.5. The molecule has 1 amide bonds. The minimum Gasteiger partial charge on any atom is -0.491 e. The molecule has 0 bridgehead atoms. The van der Waals surface area contributed by atoms with Gasteiger partial charge < -0.3 is 14.8 Å². The molecule has 0 radical (unpaired) electrons. The molecule has 1 aliphatic rings. The number of para-hydroxylation sites is 1. The van der Waals surface area contributed by atoms with Crippen molar-refractivity contribution in [1.82, 2.24) is 4.98 Å². The average molecular weight is 348 g/mol. The summed E-state index contributed by atoms with van der Waals surface area (Å²) in [6.45, 7) is 1.34. The number of nitrogens with one attached hydrogen (secondary N) is 1. The highest BCUT2D eigenvalue weighted by Gasteiger charge is 2.16. The lowest BCUT2D eigenvalue weighted by Crippen LogP contribution is -2.16. The molecule has 1 aromatic heterocycles. The number of hydrogen-bond acceptors (Lipinski definition) is 4. The largest absolute Gasteiger partial charge is 0.491 e. The summed E-state index contributed by atoms with van der Waals surface area (Å²) in [5.41, 5.74) is 1.86. The summed E-state index contributed by atoms with van der Waals surface area (Å²) in [5.74, 6) is 0.469. The minimum atomic E-state index is -0.243. The van der Waals surface area contributed by atoms with Crippen LogP contribution in [0.1, 0.15) is 23.3 Å². The van der Waals surface area contributed by atoms with Crippen molar-refractivity contribution in [1.29, 1.82) is 0 Å². The number of pyridine rings is 1. The van der Waals surface area contributed by atoms with Crippen molar-refractivity contribution in [2.75, 3.05) is 18.5 Å². The van der Waals surface area contributed by atoms with Crippen LogP contribution in [0.5, 0.6) is 5.75 Å². The molecule has 1 aliphatic heterocycles. The van der Waals surface area contributed by atoms with E-state index < -0.39 is 0 Å². The SMILES string of the molecule is O=C(Nc1cccc(OCC2CCCO2)c1)c1ccc2ccccc2n1. The summed E-state index contributed by atoms with van der Waals surface area (Å²) in [7, 11) is 0. The zero-order chi connectivity index (χ0) is 17.8. The Bertz CT molecular complexity index is 920. The van der Waals surface area contributed by atoms with Gasteiger partial charge in [-0.1, -0.05) is 30.3 Å². The number of hydrogen-bond donors (Lipinski definition) is 1. The smallest absolute Gasteiger partial charge is 0.274 e. The number of carbonyl (C=O) groups is 1. The predicted octanol–water partition coefficient (Wildman–Crippen LogP) is 4.04. The second-order valence-corrected chi connectivity index (χ2v) is 6.32. The fraction of sp³-hybridized carbons (Fsp3) is 0.238. The summed E-state index contributed by atoms with van der Waals surface area (Å²) in [4.78, 5) is 16.9. The fourth-order valence-corrected chi connectivity index (χ4v) is 3.02. The molecule has 3 aromatic rings. The maximum atomic E-state index is 12.5. The first-order valence-corrected chi connectivity index (χ1v) is 8.79. The van der Waals surface area contributed by atoms with Crippen LogP contribution in [0.15, 0.2) is 60.7 Å². The highest BCUT2D eigenvalue weighted by atomic mass is 16.5. The molecule has 1 atom stereocenters. The Kier molecular flexibility index (Phi) is 4.80. The Balaban J connectivity index is 1.43.